The molecule has 26 heavy (non-hydrogen) atoms. The number of hydrogen-bond acceptors (Lipinski definition) is 4. The largest absolute Gasteiger partial charge is 0.498 e. The summed E-state index contributed by atoms with van der Waals surface area (Å²) in [4.78, 5) is 13.0. The molecule has 0 aliphatic heterocycles. The predicted molar refractivity (Wildman–Crippen MR) is 103 cm³/mol. The fraction of sp³-hybridized carbons (Fsp3) is 0.381. The van der Waals surface area contributed by atoms with Crippen LogP contribution in [-0.4, -0.2) is 5.52 Å². The minimum Gasteiger partial charge on any atom is -0.411 e. The molecule has 0 amide bonds. The first kappa shape index (κ1) is 18.7. The lowest BCUT2D eigenvalue weighted by Crippen LogP contribution is -2.22. The van der Waals surface area contributed by atoms with E-state index < -0.39 is 13.1 Å². The molecule has 1 aliphatic rings. The first-order valence-corrected chi connectivity index (χ1v) is 10.7. The van der Waals surface area contributed by atoms with Crippen LogP contribution in [0.15, 0.2) is 48.5 Å². The van der Waals surface area contributed by atoms with Crippen molar-refractivity contribution in [2.24, 2.45) is 5.92 Å². The summed E-state index contributed by atoms with van der Waals surface area (Å²) >= 11 is 0. The maximum atomic E-state index is 13.5. The third kappa shape index (κ3) is 4.56. The molecule has 0 atom stereocenters. The van der Waals surface area contributed by atoms with Crippen LogP contribution in [0.4, 0.5) is 0 Å². The van der Waals surface area contributed by atoms with Crippen LogP contribution in [0.1, 0.15) is 43.2 Å². The summed E-state index contributed by atoms with van der Waals surface area (Å²) in [6, 6.07) is 14.3. The minimum absolute atomic E-state index is 0.259. The Labute approximate surface area is 155 Å². The van der Waals surface area contributed by atoms with Gasteiger partial charge in [-0.1, -0.05) is 54.7 Å². The quantitative estimate of drug-likeness (QED) is 0.578. The highest BCUT2D eigenvalue weighted by Gasteiger charge is 2.43. The van der Waals surface area contributed by atoms with Crippen molar-refractivity contribution < 1.29 is 18.4 Å². The number of carbonyl (C=O) groups is 1. The Morgan fingerprint density at radius 1 is 0.808 bits per heavy atom. The molecule has 1 aliphatic carbocycles. The van der Waals surface area contributed by atoms with Crippen LogP contribution >= 0.6 is 7.60 Å². The summed E-state index contributed by atoms with van der Waals surface area (Å²) in [6.07, 6.45) is 4.57. The fourth-order valence-corrected chi connectivity index (χ4v) is 4.88. The van der Waals surface area contributed by atoms with Crippen molar-refractivity contribution in [3.8, 4) is 11.5 Å². The van der Waals surface area contributed by atoms with Crippen molar-refractivity contribution in [3.05, 3.63) is 59.7 Å². The molecule has 4 nitrogen and oxygen atoms in total. The molecule has 0 saturated heterocycles. The van der Waals surface area contributed by atoms with Gasteiger partial charge in [0.05, 0.1) is 0 Å². The van der Waals surface area contributed by atoms with Gasteiger partial charge in [0.15, 0.2) is 0 Å². The Kier molecular flexibility index (Phi) is 5.83. The van der Waals surface area contributed by atoms with E-state index in [0.717, 1.165) is 43.2 Å². The summed E-state index contributed by atoms with van der Waals surface area (Å²) in [6.45, 7) is 3.92. The predicted octanol–water partition coefficient (Wildman–Crippen LogP) is 6.06. The van der Waals surface area contributed by atoms with E-state index >= 15 is 0 Å². The highest BCUT2D eigenvalue weighted by atomic mass is 31.2. The number of benzene rings is 2. The van der Waals surface area contributed by atoms with Crippen LogP contribution < -0.4 is 9.05 Å². The van der Waals surface area contributed by atoms with E-state index in [-0.39, 0.29) is 5.92 Å². The van der Waals surface area contributed by atoms with Crippen molar-refractivity contribution in [1.29, 1.82) is 0 Å². The molecule has 2 aromatic rings. The van der Waals surface area contributed by atoms with Gasteiger partial charge in [-0.05, 0) is 51.0 Å². The molecule has 0 heterocycles. The molecular weight excluding hydrogens is 347 g/mol. The topological polar surface area (TPSA) is 52.6 Å². The summed E-state index contributed by atoms with van der Waals surface area (Å²) < 4.78 is 24.9. The van der Waals surface area contributed by atoms with Gasteiger partial charge in [0.1, 0.15) is 11.5 Å². The SMILES string of the molecule is Cc1ccc(OP(=O)(Oc2ccc(C)cc2)C(=O)C2CCCCC2)cc1. The zero-order valence-corrected chi connectivity index (χ0v) is 16.2. The standard InChI is InChI=1S/C21H25O4P/c1-16-8-12-19(13-9-16)24-26(23,21(22)18-6-4-3-5-7-18)25-20-14-10-17(2)11-15-20/h8-15,18H,3-7H2,1-2H3. The molecule has 0 bridgehead atoms. The van der Waals surface area contributed by atoms with E-state index in [1.165, 1.54) is 0 Å². The lowest BCUT2D eigenvalue weighted by atomic mass is 9.90. The minimum atomic E-state index is -3.99. The molecule has 0 N–H and O–H groups in total. The Morgan fingerprint density at radius 2 is 1.23 bits per heavy atom. The van der Waals surface area contributed by atoms with E-state index in [1.807, 2.05) is 38.1 Å². The van der Waals surface area contributed by atoms with Gasteiger partial charge in [0.2, 0.25) is 0 Å². The van der Waals surface area contributed by atoms with E-state index in [2.05, 4.69) is 0 Å². The van der Waals surface area contributed by atoms with Crippen molar-refractivity contribution >= 4 is 13.1 Å². The third-order valence-corrected chi connectivity index (χ3v) is 6.52. The normalized spacial score (nSPS) is 15.5. The molecule has 1 saturated carbocycles. The zero-order valence-electron chi connectivity index (χ0n) is 15.3. The smallest absolute Gasteiger partial charge is 0.411 e. The van der Waals surface area contributed by atoms with Gasteiger partial charge in [-0.15, -0.1) is 0 Å². The summed E-state index contributed by atoms with van der Waals surface area (Å²) in [7, 11) is -3.99. The second-order valence-electron chi connectivity index (χ2n) is 6.98. The van der Waals surface area contributed by atoms with Gasteiger partial charge >= 0.3 is 7.60 Å². The lowest BCUT2D eigenvalue weighted by Gasteiger charge is -2.25. The van der Waals surface area contributed by atoms with Crippen LogP contribution in [0.5, 0.6) is 11.5 Å². The number of hydrogen-bond donors (Lipinski definition) is 0. The van der Waals surface area contributed by atoms with E-state index in [1.54, 1.807) is 24.3 Å². The Morgan fingerprint density at radius 3 is 1.65 bits per heavy atom. The van der Waals surface area contributed by atoms with Crippen LogP contribution in [0.2, 0.25) is 0 Å². The third-order valence-electron chi connectivity index (χ3n) is 4.72. The maximum absolute atomic E-state index is 13.5. The molecule has 138 valence electrons. The van der Waals surface area contributed by atoms with Crippen LogP contribution in [0, 0.1) is 19.8 Å². The van der Waals surface area contributed by atoms with Gasteiger partial charge in [0.25, 0.3) is 5.52 Å². The Bertz CT molecular complexity index is 738. The molecule has 0 radical (unpaired) electrons. The molecular formula is C21H25O4P. The first-order valence-electron chi connectivity index (χ1n) is 9.13. The Balaban J connectivity index is 1.88. The zero-order chi connectivity index (χ0) is 18.6. The van der Waals surface area contributed by atoms with E-state index in [4.69, 9.17) is 9.05 Å². The van der Waals surface area contributed by atoms with Crippen LogP contribution in [0.3, 0.4) is 0 Å². The van der Waals surface area contributed by atoms with Gasteiger partial charge in [-0.2, -0.15) is 0 Å². The highest BCUT2D eigenvalue weighted by molar-refractivity contribution is 7.72. The fourth-order valence-electron chi connectivity index (χ4n) is 3.16. The summed E-state index contributed by atoms with van der Waals surface area (Å²) in [5, 5.41) is 0. The van der Waals surface area contributed by atoms with Crippen LogP contribution in [-0.2, 0) is 9.36 Å². The Hall–Kier alpha value is -2.06. The van der Waals surface area contributed by atoms with Gasteiger partial charge in [-0.3, -0.25) is 4.79 Å². The number of rotatable bonds is 6. The average Bonchev–Trinajstić information content (AvgIpc) is 2.66. The first-order chi connectivity index (χ1) is 12.5. The lowest BCUT2D eigenvalue weighted by molar-refractivity contribution is -0.117. The van der Waals surface area contributed by atoms with Crippen molar-refractivity contribution in [2.45, 2.75) is 46.0 Å². The second-order valence-corrected chi connectivity index (χ2v) is 8.78. The molecule has 0 spiro atoms. The van der Waals surface area contributed by atoms with Crippen molar-refractivity contribution in [1.82, 2.24) is 0 Å². The molecule has 1 fully saturated rings. The van der Waals surface area contributed by atoms with Crippen molar-refractivity contribution in [2.75, 3.05) is 0 Å². The summed E-state index contributed by atoms with van der Waals surface area (Å²) in [5.41, 5.74) is 1.72. The monoisotopic (exact) mass is 372 g/mol. The van der Waals surface area contributed by atoms with Gasteiger partial charge in [-0.25, -0.2) is 4.57 Å². The molecule has 0 aromatic heterocycles. The highest BCUT2D eigenvalue weighted by Crippen LogP contribution is 2.53. The maximum Gasteiger partial charge on any atom is 0.498 e. The van der Waals surface area contributed by atoms with E-state index in [9.17, 15) is 9.36 Å². The average molecular weight is 372 g/mol. The second kappa shape index (κ2) is 8.09. The molecule has 5 heteroatoms. The molecule has 0 unspecified atom stereocenters. The van der Waals surface area contributed by atoms with Gasteiger partial charge in [0, 0.05) is 5.92 Å². The molecule has 2 aromatic carbocycles. The van der Waals surface area contributed by atoms with Crippen LogP contribution in [0.25, 0.3) is 0 Å². The van der Waals surface area contributed by atoms with Crippen molar-refractivity contribution in [3.63, 3.8) is 0 Å². The number of aryl methyl sites for hydroxylation is 2. The van der Waals surface area contributed by atoms with Gasteiger partial charge < -0.3 is 9.05 Å². The number of carbonyl (C=O) groups excluding carboxylic acids is 1. The molecule has 3 rings (SSSR count). The van der Waals surface area contributed by atoms with E-state index in [0.29, 0.717) is 11.5 Å². The summed E-state index contributed by atoms with van der Waals surface area (Å²) in [5.74, 6) is 0.510.